The molecule has 5 heteroatoms. The number of nitrogens with zero attached hydrogens (tertiary/aromatic N) is 3. The van der Waals surface area contributed by atoms with Crippen LogP contribution in [0.1, 0.15) is 22.9 Å². The fourth-order valence-electron chi connectivity index (χ4n) is 7.49. The van der Waals surface area contributed by atoms with E-state index < -0.39 is 0 Å². The van der Waals surface area contributed by atoms with Gasteiger partial charge in [-0.05, 0) is 76.7 Å². The number of furan rings is 1. The van der Waals surface area contributed by atoms with Gasteiger partial charge in [0.2, 0.25) is 0 Å². The van der Waals surface area contributed by atoms with Crippen molar-refractivity contribution < 1.29 is 4.42 Å². The van der Waals surface area contributed by atoms with Crippen LogP contribution >= 0.6 is 0 Å². The van der Waals surface area contributed by atoms with Crippen molar-refractivity contribution in [2.24, 2.45) is 9.98 Å². The van der Waals surface area contributed by atoms with E-state index in [-0.39, 0.29) is 6.17 Å². The molecule has 1 atom stereocenters. The van der Waals surface area contributed by atoms with E-state index in [0.717, 1.165) is 83.4 Å². The number of anilines is 3. The number of benzene rings is 8. The van der Waals surface area contributed by atoms with E-state index in [1.165, 1.54) is 0 Å². The predicted octanol–water partition coefficient (Wildman–Crippen LogP) is 12.4. The number of rotatable bonds is 7. The zero-order valence-corrected chi connectivity index (χ0v) is 29.3. The second kappa shape index (κ2) is 13.4. The van der Waals surface area contributed by atoms with Crippen molar-refractivity contribution in [3.63, 3.8) is 0 Å². The molecule has 0 bridgehead atoms. The van der Waals surface area contributed by atoms with E-state index in [0.29, 0.717) is 5.84 Å². The molecule has 0 saturated heterocycles. The van der Waals surface area contributed by atoms with E-state index in [2.05, 4.69) is 156 Å². The van der Waals surface area contributed by atoms with Gasteiger partial charge in [0.25, 0.3) is 0 Å². The van der Waals surface area contributed by atoms with Gasteiger partial charge in [-0.2, -0.15) is 0 Å². The Labute approximate surface area is 313 Å². The van der Waals surface area contributed by atoms with Crippen molar-refractivity contribution in [2.75, 3.05) is 4.90 Å². The lowest BCUT2D eigenvalue weighted by atomic mass is 9.97. The maximum atomic E-state index is 6.64. The number of hydrogen-bond donors (Lipinski definition) is 1. The molecule has 54 heavy (non-hydrogen) atoms. The highest BCUT2D eigenvalue weighted by Crippen LogP contribution is 2.40. The summed E-state index contributed by atoms with van der Waals surface area (Å²) in [7, 11) is 0. The molecule has 0 spiro atoms. The highest BCUT2D eigenvalue weighted by Gasteiger charge is 2.24. The van der Waals surface area contributed by atoms with Crippen molar-refractivity contribution in [3.8, 4) is 11.1 Å². The van der Waals surface area contributed by atoms with Gasteiger partial charge in [-0.15, -0.1) is 0 Å². The Morgan fingerprint density at radius 2 is 1.04 bits per heavy atom. The summed E-state index contributed by atoms with van der Waals surface area (Å²) in [6.45, 7) is 0. The van der Waals surface area contributed by atoms with Gasteiger partial charge in [0, 0.05) is 44.3 Å². The Morgan fingerprint density at radius 3 is 1.72 bits per heavy atom. The molecule has 0 saturated carbocycles. The van der Waals surface area contributed by atoms with Gasteiger partial charge in [0.15, 0.2) is 5.84 Å². The Hall–Kier alpha value is -7.24. The smallest absolute Gasteiger partial charge is 0.159 e. The van der Waals surface area contributed by atoms with E-state index in [1.807, 2.05) is 48.5 Å². The zero-order valence-electron chi connectivity index (χ0n) is 29.3. The van der Waals surface area contributed by atoms with E-state index in [9.17, 15) is 0 Å². The van der Waals surface area contributed by atoms with Crippen LogP contribution < -0.4 is 10.2 Å². The number of hydrogen-bond acceptors (Lipinski definition) is 5. The minimum absolute atomic E-state index is 0.293. The zero-order chi connectivity index (χ0) is 35.8. The Bertz CT molecular complexity index is 2790. The van der Waals surface area contributed by atoms with Crippen LogP contribution in [-0.2, 0) is 0 Å². The molecule has 1 aliphatic heterocycles. The van der Waals surface area contributed by atoms with Crippen molar-refractivity contribution >= 4 is 61.4 Å². The Balaban J connectivity index is 1.09. The van der Waals surface area contributed by atoms with Crippen molar-refractivity contribution in [2.45, 2.75) is 6.17 Å². The lowest BCUT2D eigenvalue weighted by molar-refractivity contribution is 0.672. The van der Waals surface area contributed by atoms with Crippen LogP contribution in [0.4, 0.5) is 17.1 Å². The van der Waals surface area contributed by atoms with E-state index >= 15 is 0 Å². The highest BCUT2D eigenvalue weighted by atomic mass is 16.3. The molecule has 1 N–H and O–H groups in total. The third-order valence-corrected chi connectivity index (χ3v) is 10.1. The first-order chi connectivity index (χ1) is 26.8. The van der Waals surface area contributed by atoms with Gasteiger partial charge >= 0.3 is 0 Å². The van der Waals surface area contributed by atoms with Crippen LogP contribution in [0, 0.1) is 0 Å². The standard InChI is InChI=1S/C49H34N4O/c1-5-15-34(16-6-1)47-50-48(35-17-7-2-8-18-35)52-49(51-47)44-32-43-42-31-36(27-30-45(42)54-46(43)41-24-14-13-23-40(41)44)33-25-28-39(29-26-33)53(37-19-9-3-10-20-37)38-21-11-4-12-22-38/h1-32,47H,(H,50,51,52). The third kappa shape index (κ3) is 5.69. The summed E-state index contributed by atoms with van der Waals surface area (Å²) in [6.07, 6.45) is -0.293. The number of aliphatic imine (C=N–C) groups is 2. The summed E-state index contributed by atoms with van der Waals surface area (Å²) in [5, 5.41) is 7.89. The van der Waals surface area contributed by atoms with Crippen LogP contribution in [0.3, 0.4) is 0 Å². The summed E-state index contributed by atoms with van der Waals surface area (Å²) in [4.78, 5) is 12.5. The van der Waals surface area contributed by atoms with Gasteiger partial charge in [0.05, 0.1) is 0 Å². The molecule has 9 aromatic rings. The molecule has 1 unspecified atom stereocenters. The SMILES string of the molecule is c1ccc(C2=NC(c3ccccc3)NC(c3cc4c5cc(-c6ccc(N(c7ccccc7)c7ccccc7)cc6)ccc5oc4c4ccccc34)=N2)cc1. The molecule has 2 heterocycles. The maximum absolute atomic E-state index is 6.64. The average molecular weight is 695 g/mol. The van der Waals surface area contributed by atoms with Gasteiger partial charge in [0.1, 0.15) is 23.2 Å². The summed E-state index contributed by atoms with van der Waals surface area (Å²) >= 11 is 0. The minimum Gasteiger partial charge on any atom is -0.455 e. The summed E-state index contributed by atoms with van der Waals surface area (Å²) in [5.74, 6) is 1.47. The van der Waals surface area contributed by atoms with E-state index in [4.69, 9.17) is 14.4 Å². The lowest BCUT2D eigenvalue weighted by Crippen LogP contribution is -2.33. The Kier molecular flexibility index (Phi) is 7.81. The quantitative estimate of drug-likeness (QED) is 0.181. The number of amidine groups is 2. The van der Waals surface area contributed by atoms with E-state index in [1.54, 1.807) is 0 Å². The molecule has 0 fully saturated rings. The van der Waals surface area contributed by atoms with Gasteiger partial charge in [-0.25, -0.2) is 9.98 Å². The first kappa shape index (κ1) is 31.5. The van der Waals surface area contributed by atoms with Crippen LogP contribution in [0.15, 0.2) is 209 Å². The maximum Gasteiger partial charge on any atom is 0.159 e. The summed E-state index contributed by atoms with van der Waals surface area (Å²) in [5.41, 5.74) is 10.3. The monoisotopic (exact) mass is 694 g/mol. The third-order valence-electron chi connectivity index (χ3n) is 10.1. The highest BCUT2D eigenvalue weighted by molar-refractivity contribution is 6.24. The van der Waals surface area contributed by atoms with Crippen molar-refractivity contribution in [1.29, 1.82) is 0 Å². The van der Waals surface area contributed by atoms with Crippen molar-refractivity contribution in [3.05, 3.63) is 211 Å². The molecular formula is C49H34N4O. The molecule has 8 aromatic carbocycles. The number of para-hydroxylation sites is 2. The van der Waals surface area contributed by atoms with Gasteiger partial charge < -0.3 is 14.6 Å². The molecule has 1 aromatic heterocycles. The van der Waals surface area contributed by atoms with Crippen LogP contribution in [-0.4, -0.2) is 11.7 Å². The summed E-state index contributed by atoms with van der Waals surface area (Å²) in [6, 6.07) is 67.4. The first-order valence-electron chi connectivity index (χ1n) is 18.2. The van der Waals surface area contributed by atoms with Gasteiger partial charge in [-0.3, -0.25) is 0 Å². The van der Waals surface area contributed by atoms with Crippen LogP contribution in [0.25, 0.3) is 43.8 Å². The average Bonchev–Trinajstić information content (AvgIpc) is 3.63. The second-order valence-corrected chi connectivity index (χ2v) is 13.4. The molecule has 10 rings (SSSR count). The molecule has 0 radical (unpaired) electrons. The first-order valence-corrected chi connectivity index (χ1v) is 18.2. The van der Waals surface area contributed by atoms with Crippen LogP contribution in [0.2, 0.25) is 0 Å². The Morgan fingerprint density at radius 1 is 0.463 bits per heavy atom. The predicted molar refractivity (Wildman–Crippen MR) is 223 cm³/mol. The second-order valence-electron chi connectivity index (χ2n) is 13.4. The summed E-state index contributed by atoms with van der Waals surface area (Å²) < 4.78 is 6.64. The minimum atomic E-state index is -0.293. The fraction of sp³-hybridized carbons (Fsp3) is 0.0204. The molecular weight excluding hydrogens is 661 g/mol. The van der Waals surface area contributed by atoms with Crippen LogP contribution in [0.5, 0.6) is 0 Å². The molecule has 256 valence electrons. The van der Waals surface area contributed by atoms with Crippen molar-refractivity contribution in [1.82, 2.24) is 5.32 Å². The largest absolute Gasteiger partial charge is 0.455 e. The number of fused-ring (bicyclic) bond motifs is 5. The fourth-order valence-corrected chi connectivity index (χ4v) is 7.49. The normalized spacial score (nSPS) is 14.1. The lowest BCUT2D eigenvalue weighted by Gasteiger charge is -2.25. The molecule has 0 aliphatic carbocycles. The molecule has 5 nitrogen and oxygen atoms in total. The molecule has 0 amide bonds. The van der Waals surface area contributed by atoms with Gasteiger partial charge in [-0.1, -0.05) is 140 Å². The number of nitrogens with one attached hydrogen (secondary N) is 1. The molecule has 1 aliphatic rings. The topological polar surface area (TPSA) is 53.1 Å².